The van der Waals surface area contributed by atoms with Crippen LogP contribution in [0.2, 0.25) is 0 Å². The summed E-state index contributed by atoms with van der Waals surface area (Å²) in [5, 5.41) is 5.53. The van der Waals surface area contributed by atoms with Gasteiger partial charge in [0.1, 0.15) is 18.5 Å². The molecule has 1 N–H and O–H groups in total. The average molecular weight is 646 g/mol. The molecular weight excluding hydrogens is 607 g/mol. The lowest BCUT2D eigenvalue weighted by Crippen LogP contribution is -2.50. The Labute approximate surface area is 264 Å². The predicted octanol–water partition coefficient (Wildman–Crippen LogP) is 4.65. The van der Waals surface area contributed by atoms with Gasteiger partial charge in [0, 0.05) is 43.0 Å². The van der Waals surface area contributed by atoms with Gasteiger partial charge in [-0.2, -0.15) is 0 Å². The Bertz CT molecular complexity index is 1510. The van der Waals surface area contributed by atoms with Gasteiger partial charge in [-0.05, 0) is 51.3 Å². The lowest BCUT2D eigenvalue weighted by Gasteiger charge is -2.34. The molecule has 4 heterocycles. The van der Waals surface area contributed by atoms with Crippen molar-refractivity contribution in [3.05, 3.63) is 75.7 Å². The molecule has 0 spiro atoms. The predicted molar refractivity (Wildman–Crippen MR) is 165 cm³/mol. The van der Waals surface area contributed by atoms with Crippen molar-refractivity contribution in [2.75, 3.05) is 39.4 Å². The highest BCUT2D eigenvalue weighted by molar-refractivity contribution is 7.11. The molecule has 3 atom stereocenters. The van der Waals surface area contributed by atoms with Gasteiger partial charge in [0.05, 0.1) is 30.2 Å². The van der Waals surface area contributed by atoms with E-state index in [9.17, 15) is 14.0 Å². The Balaban J connectivity index is 1.50. The van der Waals surface area contributed by atoms with Crippen LogP contribution in [0.5, 0.6) is 0 Å². The van der Waals surface area contributed by atoms with Crippen LogP contribution in [-0.2, 0) is 19.1 Å². The molecule has 0 aliphatic carbocycles. The molecule has 3 aliphatic heterocycles. The highest BCUT2D eigenvalue weighted by Gasteiger charge is 2.60. The largest absolute Gasteiger partial charge is 0.463 e. The number of nitrogens with one attached hydrogen (secondary N) is 1. The van der Waals surface area contributed by atoms with Crippen molar-refractivity contribution < 1.29 is 32.2 Å². The number of fused-ring (bicyclic) bond motifs is 1. The number of amidine groups is 1. The number of aliphatic imine (C=N–C) groups is 1. The molecule has 3 aliphatic rings. The van der Waals surface area contributed by atoms with Crippen LogP contribution >= 0.6 is 11.3 Å². The first-order valence-electron chi connectivity index (χ1n) is 14.9. The number of alkyl halides is 2. The Kier molecular flexibility index (Phi) is 9.52. The lowest BCUT2D eigenvalue weighted by molar-refractivity contribution is -0.155. The molecule has 1 aromatic heterocycles. The van der Waals surface area contributed by atoms with Crippen LogP contribution in [-0.4, -0.2) is 90.0 Å². The van der Waals surface area contributed by atoms with Crippen LogP contribution < -0.4 is 5.32 Å². The lowest BCUT2D eigenvalue weighted by atomic mass is 9.92. The number of carbonyl (C=O) groups is 2. The number of ether oxygens (including phenoxy) is 2. The van der Waals surface area contributed by atoms with Crippen LogP contribution in [0.15, 0.2) is 58.7 Å². The molecule has 9 nitrogen and oxygen atoms in total. The third-order valence-corrected chi connectivity index (χ3v) is 9.27. The first-order chi connectivity index (χ1) is 21.4. The molecule has 0 radical (unpaired) electrons. The summed E-state index contributed by atoms with van der Waals surface area (Å²) >= 11 is 1.33. The van der Waals surface area contributed by atoms with E-state index in [1.807, 2.05) is 0 Å². The van der Waals surface area contributed by atoms with Gasteiger partial charge in [0.25, 0.3) is 5.92 Å². The number of hydrogen-bond acceptors (Lipinski definition) is 10. The number of nitrogens with zero attached hydrogens (tertiary/aromatic N) is 4. The summed E-state index contributed by atoms with van der Waals surface area (Å²) in [4.78, 5) is 38.7. The summed E-state index contributed by atoms with van der Waals surface area (Å²) < 4.78 is 57.1. The molecule has 45 heavy (non-hydrogen) atoms. The number of thiazole rings is 1. The molecule has 0 bridgehead atoms. The minimum atomic E-state index is -3.09. The van der Waals surface area contributed by atoms with Gasteiger partial charge in [-0.15, -0.1) is 11.3 Å². The second-order valence-corrected chi connectivity index (χ2v) is 13.0. The Morgan fingerprint density at radius 2 is 2.04 bits per heavy atom. The molecule has 2 fully saturated rings. The highest BCUT2D eigenvalue weighted by Crippen LogP contribution is 2.44. The summed E-state index contributed by atoms with van der Waals surface area (Å²) in [5.74, 6) is -4.33. The van der Waals surface area contributed by atoms with E-state index >= 15 is 8.78 Å². The van der Waals surface area contributed by atoms with E-state index in [-0.39, 0.29) is 31.9 Å². The molecule has 0 saturated carbocycles. The average Bonchev–Trinajstić information content (AvgIpc) is 3.72. The van der Waals surface area contributed by atoms with Gasteiger partial charge in [-0.25, -0.2) is 22.9 Å². The summed E-state index contributed by atoms with van der Waals surface area (Å²) in [6.45, 7) is 10.2. The van der Waals surface area contributed by atoms with Crippen molar-refractivity contribution in [3.63, 3.8) is 0 Å². The fourth-order valence-electron chi connectivity index (χ4n) is 6.47. The molecule has 1 aromatic carbocycles. The smallest absolute Gasteiger partial charge is 0.338 e. The zero-order valence-electron chi connectivity index (χ0n) is 25.8. The third-order valence-electron chi connectivity index (χ3n) is 8.49. The maximum Gasteiger partial charge on any atom is 0.338 e. The van der Waals surface area contributed by atoms with Crippen molar-refractivity contribution in [1.29, 1.82) is 0 Å². The van der Waals surface area contributed by atoms with Crippen LogP contribution in [0, 0.1) is 18.2 Å². The summed E-state index contributed by atoms with van der Waals surface area (Å²) in [5.41, 5.74) is 0.264. The number of halogens is 3. The minimum Gasteiger partial charge on any atom is -0.463 e. The van der Waals surface area contributed by atoms with Gasteiger partial charge in [0.2, 0.25) is 0 Å². The number of benzene rings is 1. The molecule has 13 heteroatoms. The molecule has 242 valence electrons. The van der Waals surface area contributed by atoms with Crippen molar-refractivity contribution >= 4 is 29.1 Å². The minimum absolute atomic E-state index is 0.0290. The number of aromatic nitrogens is 1. The van der Waals surface area contributed by atoms with E-state index in [2.05, 4.69) is 16.9 Å². The molecule has 2 aromatic rings. The first kappa shape index (κ1) is 32.8. The van der Waals surface area contributed by atoms with Gasteiger partial charge in [-0.1, -0.05) is 24.8 Å². The number of carbonyl (C=O) groups excluding carboxylic acids is 2. The van der Waals surface area contributed by atoms with Crippen LogP contribution in [0.25, 0.3) is 0 Å². The number of esters is 2. The zero-order chi connectivity index (χ0) is 32.5. The second-order valence-electron chi connectivity index (χ2n) is 12.1. The summed E-state index contributed by atoms with van der Waals surface area (Å²) in [7, 11) is 0. The molecular formula is C32H38F3N5O4S. The highest BCUT2D eigenvalue weighted by atomic mass is 32.1. The topological polar surface area (TPSA) is 96.4 Å². The van der Waals surface area contributed by atoms with E-state index in [1.54, 1.807) is 61.2 Å². The van der Waals surface area contributed by atoms with Crippen LogP contribution in [0.1, 0.15) is 49.4 Å². The fourth-order valence-corrected chi connectivity index (χ4v) is 7.06. The van der Waals surface area contributed by atoms with Crippen LogP contribution in [0.3, 0.4) is 0 Å². The number of hydrogen-bond donors (Lipinski definition) is 1. The Morgan fingerprint density at radius 1 is 1.27 bits per heavy atom. The van der Waals surface area contributed by atoms with E-state index in [4.69, 9.17) is 14.5 Å². The van der Waals surface area contributed by atoms with E-state index < -0.39 is 53.8 Å². The molecule has 2 saturated heterocycles. The van der Waals surface area contributed by atoms with Crippen molar-refractivity contribution in [1.82, 2.24) is 20.1 Å². The van der Waals surface area contributed by atoms with Gasteiger partial charge >= 0.3 is 11.9 Å². The zero-order valence-corrected chi connectivity index (χ0v) is 26.6. The maximum atomic E-state index is 15.8. The van der Waals surface area contributed by atoms with Crippen molar-refractivity contribution in [2.24, 2.45) is 10.4 Å². The Morgan fingerprint density at radius 3 is 2.73 bits per heavy atom. The van der Waals surface area contributed by atoms with E-state index in [0.717, 1.165) is 0 Å². The van der Waals surface area contributed by atoms with Gasteiger partial charge in [-0.3, -0.25) is 19.6 Å². The summed E-state index contributed by atoms with van der Waals surface area (Å²) in [6, 6.07) is 1.95. The standard InChI is InChI=1S/C32H38F3N5O4S/c1-6-14-44-30(42)31(4,5)17-39-13-11-23-26(39)32(34,35)18-40(23)16-22-24(29(41)43-7-2)25(20-9-8-10-21(33)19(20)3)38-27(37-22)28-36-12-15-45-28/h6,8-10,12,15,23,25-26H,1,7,11,13-14,16-18H2,2-5H3,(H,37,38)/t23?,25-,26?/m0/s1. The normalized spacial score (nSPS) is 23.4. The maximum absolute atomic E-state index is 15.8. The fraction of sp³-hybridized carbons (Fsp3) is 0.500. The number of likely N-dealkylation sites (tertiary alicyclic amines) is 2. The molecule has 5 rings (SSSR count). The van der Waals surface area contributed by atoms with E-state index in [0.29, 0.717) is 40.6 Å². The third kappa shape index (κ3) is 6.56. The summed E-state index contributed by atoms with van der Waals surface area (Å²) in [6.07, 6.45) is 3.52. The van der Waals surface area contributed by atoms with Crippen LogP contribution in [0.4, 0.5) is 13.2 Å². The van der Waals surface area contributed by atoms with Gasteiger partial charge < -0.3 is 14.8 Å². The second kappa shape index (κ2) is 13.1. The van der Waals surface area contributed by atoms with Crippen molar-refractivity contribution in [3.8, 4) is 0 Å². The molecule has 0 amide bonds. The number of rotatable bonds is 11. The van der Waals surface area contributed by atoms with E-state index in [1.165, 1.54) is 23.5 Å². The van der Waals surface area contributed by atoms with Gasteiger partial charge in [0.15, 0.2) is 10.8 Å². The van der Waals surface area contributed by atoms with Crippen molar-refractivity contribution in [2.45, 2.75) is 58.2 Å². The first-order valence-corrected chi connectivity index (χ1v) is 15.8. The monoisotopic (exact) mass is 645 g/mol. The molecule has 2 unspecified atom stereocenters. The quantitative estimate of drug-likeness (QED) is 0.279. The SMILES string of the molecule is C=CCOC(=O)C(C)(C)CN1CCC2C1C(F)(F)CN2CC1=C(C(=O)OCC)[C@H](c2cccc(F)c2C)N=C(c2nccs2)N1. The Hall–Kier alpha value is -3.55.